The Kier molecular flexibility index (Phi) is 5.31. The van der Waals surface area contributed by atoms with Gasteiger partial charge in [0.2, 0.25) is 0 Å². The number of nitrogens with zero attached hydrogens (tertiary/aromatic N) is 2. The number of nitrogens with one attached hydrogen (secondary N) is 1. The Labute approximate surface area is 123 Å². The molecular formula is C13H17Cl2N3O. The van der Waals surface area contributed by atoms with Gasteiger partial charge in [-0.25, -0.2) is 4.79 Å². The molecule has 104 valence electrons. The van der Waals surface area contributed by atoms with E-state index < -0.39 is 0 Å². The number of hydrogen-bond acceptors (Lipinski definition) is 2. The maximum Gasteiger partial charge on any atom is 0.321 e. The molecule has 0 spiro atoms. The van der Waals surface area contributed by atoms with E-state index in [0.29, 0.717) is 10.9 Å². The second kappa shape index (κ2) is 6.98. The molecule has 0 bridgehead atoms. The lowest BCUT2D eigenvalue weighted by Gasteiger charge is -2.34. The molecule has 4 nitrogen and oxygen atoms in total. The molecule has 1 fully saturated rings. The first-order chi connectivity index (χ1) is 9.19. The van der Waals surface area contributed by atoms with Gasteiger partial charge in [-0.1, -0.05) is 17.7 Å². The lowest BCUT2D eigenvalue weighted by Crippen LogP contribution is -2.50. The van der Waals surface area contributed by atoms with E-state index in [4.69, 9.17) is 23.2 Å². The van der Waals surface area contributed by atoms with Crippen LogP contribution in [0.25, 0.3) is 0 Å². The molecule has 0 aromatic heterocycles. The number of benzene rings is 1. The van der Waals surface area contributed by atoms with Gasteiger partial charge in [0.15, 0.2) is 0 Å². The molecule has 1 heterocycles. The largest absolute Gasteiger partial charge is 0.322 e. The van der Waals surface area contributed by atoms with Crippen LogP contribution < -0.4 is 5.32 Å². The van der Waals surface area contributed by atoms with E-state index in [1.54, 1.807) is 12.1 Å². The van der Waals surface area contributed by atoms with Crippen LogP contribution in [0, 0.1) is 0 Å². The molecule has 6 heteroatoms. The first-order valence-corrected chi connectivity index (χ1v) is 7.20. The molecule has 19 heavy (non-hydrogen) atoms. The summed E-state index contributed by atoms with van der Waals surface area (Å²) in [5.41, 5.74) is 0.723. The number of halogens is 2. The summed E-state index contributed by atoms with van der Waals surface area (Å²) in [5, 5.41) is 3.47. The highest BCUT2D eigenvalue weighted by atomic mass is 35.5. The predicted octanol–water partition coefficient (Wildman–Crippen LogP) is 2.73. The number of urea groups is 1. The van der Waals surface area contributed by atoms with Gasteiger partial charge < -0.3 is 10.2 Å². The van der Waals surface area contributed by atoms with Crippen LogP contribution in [-0.4, -0.2) is 54.4 Å². The van der Waals surface area contributed by atoms with Crippen molar-refractivity contribution in [2.75, 3.05) is 43.9 Å². The third-order valence-corrected chi connectivity index (χ3v) is 3.54. The van der Waals surface area contributed by atoms with E-state index in [2.05, 4.69) is 10.2 Å². The van der Waals surface area contributed by atoms with Gasteiger partial charge in [-0.2, -0.15) is 0 Å². The Hall–Kier alpha value is -0.970. The van der Waals surface area contributed by atoms with Crippen LogP contribution in [0.2, 0.25) is 5.02 Å². The van der Waals surface area contributed by atoms with Crippen molar-refractivity contribution >= 4 is 34.9 Å². The zero-order chi connectivity index (χ0) is 13.7. The highest BCUT2D eigenvalue weighted by Gasteiger charge is 2.20. The van der Waals surface area contributed by atoms with E-state index in [0.717, 1.165) is 38.4 Å². The van der Waals surface area contributed by atoms with Crippen molar-refractivity contribution < 1.29 is 4.79 Å². The number of alkyl halides is 1. The van der Waals surface area contributed by atoms with Crippen molar-refractivity contribution in [1.82, 2.24) is 9.80 Å². The van der Waals surface area contributed by atoms with Gasteiger partial charge >= 0.3 is 6.03 Å². The molecule has 1 N–H and O–H groups in total. The summed E-state index contributed by atoms with van der Waals surface area (Å²) in [4.78, 5) is 16.1. The second-order valence-corrected chi connectivity index (χ2v) is 5.27. The van der Waals surface area contributed by atoms with Crippen molar-refractivity contribution in [3.8, 4) is 0 Å². The van der Waals surface area contributed by atoms with E-state index in [-0.39, 0.29) is 6.03 Å². The average molecular weight is 302 g/mol. The Bertz CT molecular complexity index is 434. The number of carbonyl (C=O) groups excluding carboxylic acids is 1. The maximum absolute atomic E-state index is 12.1. The van der Waals surface area contributed by atoms with Crippen LogP contribution in [0.3, 0.4) is 0 Å². The molecular weight excluding hydrogens is 285 g/mol. The van der Waals surface area contributed by atoms with Crippen LogP contribution in [0.4, 0.5) is 10.5 Å². The van der Waals surface area contributed by atoms with Gasteiger partial charge in [0.05, 0.1) is 0 Å². The first kappa shape index (κ1) is 14.4. The SMILES string of the molecule is O=C(Nc1cccc(Cl)c1)N1CCN(CCCl)CC1. The molecule has 2 amide bonds. The molecule has 1 aliphatic rings. The quantitative estimate of drug-likeness (QED) is 0.872. The van der Waals surface area contributed by atoms with Crippen LogP contribution in [-0.2, 0) is 0 Å². The zero-order valence-electron chi connectivity index (χ0n) is 10.6. The van der Waals surface area contributed by atoms with Crippen molar-refractivity contribution in [3.63, 3.8) is 0 Å². The van der Waals surface area contributed by atoms with Crippen LogP contribution >= 0.6 is 23.2 Å². The van der Waals surface area contributed by atoms with Crippen molar-refractivity contribution in [2.45, 2.75) is 0 Å². The molecule has 0 radical (unpaired) electrons. The van der Waals surface area contributed by atoms with Crippen LogP contribution in [0.1, 0.15) is 0 Å². The lowest BCUT2D eigenvalue weighted by molar-refractivity contribution is 0.152. The van der Waals surface area contributed by atoms with E-state index in [1.807, 2.05) is 17.0 Å². The number of amides is 2. The van der Waals surface area contributed by atoms with Crippen LogP contribution in [0.5, 0.6) is 0 Å². The van der Waals surface area contributed by atoms with Gasteiger partial charge in [0.25, 0.3) is 0 Å². The molecule has 0 atom stereocenters. The standard InChI is InChI=1S/C13H17Cl2N3O/c14-4-5-17-6-8-18(9-7-17)13(19)16-12-3-1-2-11(15)10-12/h1-3,10H,4-9H2,(H,16,19). The molecule has 1 aliphatic heterocycles. The summed E-state index contributed by atoms with van der Waals surface area (Å²) < 4.78 is 0. The minimum atomic E-state index is -0.0761. The molecule has 0 saturated carbocycles. The third kappa shape index (κ3) is 4.27. The fourth-order valence-corrected chi connectivity index (χ4v) is 2.49. The summed E-state index contributed by atoms with van der Waals surface area (Å²) in [6, 6.07) is 7.09. The topological polar surface area (TPSA) is 35.6 Å². The summed E-state index contributed by atoms with van der Waals surface area (Å²) in [6.07, 6.45) is 0. The fraction of sp³-hybridized carbons (Fsp3) is 0.462. The van der Waals surface area contributed by atoms with Gasteiger partial charge in [-0.05, 0) is 18.2 Å². The average Bonchev–Trinajstić information content (AvgIpc) is 2.40. The van der Waals surface area contributed by atoms with Crippen molar-refractivity contribution in [2.24, 2.45) is 0 Å². The van der Waals surface area contributed by atoms with Crippen LogP contribution in [0.15, 0.2) is 24.3 Å². The molecule has 0 aliphatic carbocycles. The molecule has 1 saturated heterocycles. The predicted molar refractivity (Wildman–Crippen MR) is 79.2 cm³/mol. The summed E-state index contributed by atoms with van der Waals surface area (Å²) >= 11 is 11.6. The monoisotopic (exact) mass is 301 g/mol. The smallest absolute Gasteiger partial charge is 0.321 e. The van der Waals surface area contributed by atoms with E-state index in [9.17, 15) is 4.79 Å². The Morgan fingerprint density at radius 1 is 1.26 bits per heavy atom. The summed E-state index contributed by atoms with van der Waals surface area (Å²) in [7, 11) is 0. The highest BCUT2D eigenvalue weighted by Crippen LogP contribution is 2.15. The minimum Gasteiger partial charge on any atom is -0.322 e. The number of carbonyl (C=O) groups is 1. The van der Waals surface area contributed by atoms with Gasteiger partial charge in [0.1, 0.15) is 0 Å². The zero-order valence-corrected chi connectivity index (χ0v) is 12.1. The summed E-state index contributed by atoms with van der Waals surface area (Å²) in [6.45, 7) is 4.07. The Morgan fingerprint density at radius 3 is 2.63 bits per heavy atom. The van der Waals surface area contributed by atoms with Crippen molar-refractivity contribution in [1.29, 1.82) is 0 Å². The number of rotatable bonds is 3. The second-order valence-electron chi connectivity index (χ2n) is 4.46. The summed E-state index contributed by atoms with van der Waals surface area (Å²) in [5.74, 6) is 0.634. The molecule has 1 aromatic carbocycles. The van der Waals surface area contributed by atoms with E-state index >= 15 is 0 Å². The van der Waals surface area contributed by atoms with Gasteiger partial charge in [-0.15, -0.1) is 11.6 Å². The highest BCUT2D eigenvalue weighted by molar-refractivity contribution is 6.30. The lowest BCUT2D eigenvalue weighted by atomic mass is 10.3. The molecule has 0 unspecified atom stereocenters. The Balaban J connectivity index is 1.84. The fourth-order valence-electron chi connectivity index (χ4n) is 2.06. The number of piperazine rings is 1. The van der Waals surface area contributed by atoms with Gasteiger partial charge in [-0.3, -0.25) is 4.90 Å². The third-order valence-electron chi connectivity index (χ3n) is 3.14. The normalized spacial score (nSPS) is 16.4. The van der Waals surface area contributed by atoms with Gasteiger partial charge in [0, 0.05) is 49.3 Å². The maximum atomic E-state index is 12.1. The Morgan fingerprint density at radius 2 is 2.00 bits per heavy atom. The van der Waals surface area contributed by atoms with Crippen molar-refractivity contribution in [3.05, 3.63) is 29.3 Å². The number of hydrogen-bond donors (Lipinski definition) is 1. The number of anilines is 1. The molecule has 2 rings (SSSR count). The first-order valence-electron chi connectivity index (χ1n) is 6.29. The molecule has 1 aromatic rings. The van der Waals surface area contributed by atoms with E-state index in [1.165, 1.54) is 0 Å². The minimum absolute atomic E-state index is 0.0761.